The molecule has 4 nitrogen and oxygen atoms in total. The van der Waals surface area contributed by atoms with Gasteiger partial charge in [0.15, 0.2) is 11.6 Å². The number of amides is 1. The molecule has 1 atom stereocenters. The fourth-order valence-corrected chi connectivity index (χ4v) is 1.89. The molecule has 0 aromatic heterocycles. The van der Waals surface area contributed by atoms with Gasteiger partial charge in [-0.2, -0.15) is 0 Å². The zero-order valence-electron chi connectivity index (χ0n) is 9.60. The van der Waals surface area contributed by atoms with Crippen LogP contribution in [0.4, 0.5) is 8.78 Å². The smallest absolute Gasteiger partial charge is 0.248 e. The summed E-state index contributed by atoms with van der Waals surface area (Å²) in [5, 5.41) is 8.78. The van der Waals surface area contributed by atoms with Gasteiger partial charge < -0.3 is 14.7 Å². The van der Waals surface area contributed by atoms with Crippen LogP contribution in [-0.2, 0) is 9.53 Å². The molecule has 0 bridgehead atoms. The second kappa shape index (κ2) is 5.41. The highest BCUT2D eigenvalue weighted by atomic mass is 19.2. The Labute approximate surface area is 103 Å². The average Bonchev–Trinajstić information content (AvgIpc) is 2.41. The first-order valence-corrected chi connectivity index (χ1v) is 5.57. The maximum atomic E-state index is 13.1. The van der Waals surface area contributed by atoms with E-state index in [0.29, 0.717) is 18.7 Å². The van der Waals surface area contributed by atoms with Crippen molar-refractivity contribution in [3.8, 4) is 0 Å². The van der Waals surface area contributed by atoms with Gasteiger partial charge in [0.1, 0.15) is 12.7 Å². The van der Waals surface area contributed by atoms with E-state index in [4.69, 9.17) is 9.84 Å². The van der Waals surface area contributed by atoms with Gasteiger partial charge in [0.2, 0.25) is 5.91 Å². The Balaban J connectivity index is 2.13. The summed E-state index contributed by atoms with van der Waals surface area (Å²) in [6, 6.07) is 3.52. The third-order valence-electron chi connectivity index (χ3n) is 2.87. The number of benzene rings is 1. The minimum Gasteiger partial charge on any atom is -0.387 e. The SMILES string of the molecule is O=C(CO)N1CCOC(c2ccc(F)c(F)c2)C1. The Hall–Kier alpha value is -1.53. The quantitative estimate of drug-likeness (QED) is 0.854. The van der Waals surface area contributed by atoms with Gasteiger partial charge in [-0.3, -0.25) is 4.79 Å². The van der Waals surface area contributed by atoms with Crippen LogP contribution in [-0.4, -0.2) is 42.2 Å². The standard InChI is InChI=1S/C12H13F2NO3/c13-9-2-1-8(5-10(9)14)11-6-15(3-4-18-11)12(17)7-16/h1-2,5,11,16H,3-4,6-7H2. The van der Waals surface area contributed by atoms with Gasteiger partial charge in [0, 0.05) is 6.54 Å². The first-order valence-electron chi connectivity index (χ1n) is 5.57. The fourth-order valence-electron chi connectivity index (χ4n) is 1.89. The molecule has 18 heavy (non-hydrogen) atoms. The summed E-state index contributed by atoms with van der Waals surface area (Å²) in [5.41, 5.74) is 0.476. The number of nitrogens with zero attached hydrogens (tertiary/aromatic N) is 1. The Kier molecular flexibility index (Phi) is 3.88. The zero-order valence-corrected chi connectivity index (χ0v) is 9.60. The first kappa shape index (κ1) is 12.9. The van der Waals surface area contributed by atoms with E-state index in [9.17, 15) is 13.6 Å². The van der Waals surface area contributed by atoms with E-state index >= 15 is 0 Å². The van der Waals surface area contributed by atoms with Crippen molar-refractivity contribution in [1.82, 2.24) is 4.90 Å². The first-order chi connectivity index (χ1) is 8.61. The van der Waals surface area contributed by atoms with Crippen LogP contribution in [0.3, 0.4) is 0 Å². The monoisotopic (exact) mass is 257 g/mol. The number of carbonyl (C=O) groups is 1. The number of hydrogen-bond acceptors (Lipinski definition) is 3. The van der Waals surface area contributed by atoms with Gasteiger partial charge in [-0.1, -0.05) is 6.07 Å². The molecule has 6 heteroatoms. The molecule has 1 saturated heterocycles. The second-order valence-corrected chi connectivity index (χ2v) is 4.03. The lowest BCUT2D eigenvalue weighted by atomic mass is 10.1. The van der Waals surface area contributed by atoms with Crippen molar-refractivity contribution in [1.29, 1.82) is 0 Å². The predicted octanol–water partition coefficient (Wildman–Crippen LogP) is 0.857. The van der Waals surface area contributed by atoms with Gasteiger partial charge >= 0.3 is 0 Å². The predicted molar refractivity (Wildman–Crippen MR) is 58.7 cm³/mol. The fraction of sp³-hybridized carbons (Fsp3) is 0.417. The lowest BCUT2D eigenvalue weighted by molar-refractivity contribution is -0.141. The highest BCUT2D eigenvalue weighted by Gasteiger charge is 2.25. The summed E-state index contributed by atoms with van der Waals surface area (Å²) >= 11 is 0. The van der Waals surface area contributed by atoms with Gasteiger partial charge in [0.25, 0.3) is 0 Å². The molecule has 0 saturated carbocycles. The molecular formula is C12H13F2NO3. The van der Waals surface area contributed by atoms with Crippen LogP contribution in [0, 0.1) is 11.6 Å². The summed E-state index contributed by atoms with van der Waals surface area (Å²) in [6.07, 6.45) is -0.496. The lowest BCUT2D eigenvalue weighted by Gasteiger charge is -2.32. The number of ether oxygens (including phenoxy) is 1. The van der Waals surface area contributed by atoms with Crippen molar-refractivity contribution in [2.75, 3.05) is 26.3 Å². The third kappa shape index (κ3) is 2.65. The van der Waals surface area contributed by atoms with Crippen LogP contribution in [0.15, 0.2) is 18.2 Å². The molecule has 1 aliphatic rings. The summed E-state index contributed by atoms with van der Waals surface area (Å²) in [7, 11) is 0. The van der Waals surface area contributed by atoms with Crippen LogP contribution < -0.4 is 0 Å². The summed E-state index contributed by atoms with van der Waals surface area (Å²) in [6.45, 7) is 0.351. The van der Waals surface area contributed by atoms with Crippen molar-refractivity contribution in [3.05, 3.63) is 35.4 Å². The van der Waals surface area contributed by atoms with Crippen LogP contribution in [0.2, 0.25) is 0 Å². The Morgan fingerprint density at radius 3 is 2.89 bits per heavy atom. The molecule has 1 unspecified atom stereocenters. The number of morpholine rings is 1. The number of hydrogen-bond donors (Lipinski definition) is 1. The number of halogens is 2. The number of aliphatic hydroxyl groups is 1. The minimum absolute atomic E-state index is 0.227. The molecule has 1 amide bonds. The lowest BCUT2D eigenvalue weighted by Crippen LogP contribution is -2.43. The van der Waals surface area contributed by atoms with Crippen molar-refractivity contribution >= 4 is 5.91 Å². The van der Waals surface area contributed by atoms with E-state index in [1.807, 2.05) is 0 Å². The van der Waals surface area contributed by atoms with Gasteiger partial charge in [-0.15, -0.1) is 0 Å². The number of carbonyl (C=O) groups excluding carboxylic acids is 1. The Morgan fingerprint density at radius 2 is 2.22 bits per heavy atom. The highest BCUT2D eigenvalue weighted by molar-refractivity contribution is 5.77. The van der Waals surface area contributed by atoms with Gasteiger partial charge in [-0.25, -0.2) is 8.78 Å². The minimum atomic E-state index is -0.943. The molecule has 98 valence electrons. The molecule has 2 rings (SSSR count). The Morgan fingerprint density at radius 1 is 1.44 bits per heavy atom. The molecule has 1 aliphatic heterocycles. The van der Waals surface area contributed by atoms with Crippen molar-refractivity contribution in [3.63, 3.8) is 0 Å². The molecule has 1 aromatic carbocycles. The van der Waals surface area contributed by atoms with E-state index in [2.05, 4.69) is 0 Å². The molecule has 1 aromatic rings. The molecule has 1 N–H and O–H groups in total. The molecule has 1 fully saturated rings. The third-order valence-corrected chi connectivity index (χ3v) is 2.87. The van der Waals surface area contributed by atoms with E-state index in [1.54, 1.807) is 0 Å². The van der Waals surface area contributed by atoms with Gasteiger partial charge in [-0.05, 0) is 17.7 Å². The summed E-state index contributed by atoms with van der Waals surface area (Å²) in [5.74, 6) is -2.26. The largest absolute Gasteiger partial charge is 0.387 e. The van der Waals surface area contributed by atoms with E-state index < -0.39 is 30.3 Å². The molecule has 0 radical (unpaired) electrons. The highest BCUT2D eigenvalue weighted by Crippen LogP contribution is 2.23. The van der Waals surface area contributed by atoms with Gasteiger partial charge in [0.05, 0.1) is 13.2 Å². The topological polar surface area (TPSA) is 49.8 Å². The van der Waals surface area contributed by atoms with E-state index in [-0.39, 0.29) is 6.54 Å². The molecular weight excluding hydrogens is 244 g/mol. The molecule has 1 heterocycles. The molecule has 0 aliphatic carbocycles. The van der Waals surface area contributed by atoms with Crippen molar-refractivity contribution in [2.24, 2.45) is 0 Å². The zero-order chi connectivity index (χ0) is 13.1. The maximum Gasteiger partial charge on any atom is 0.248 e. The van der Waals surface area contributed by atoms with Crippen molar-refractivity contribution < 1.29 is 23.4 Å². The van der Waals surface area contributed by atoms with E-state index in [1.165, 1.54) is 11.0 Å². The van der Waals surface area contributed by atoms with Crippen molar-refractivity contribution in [2.45, 2.75) is 6.10 Å². The number of rotatable bonds is 2. The van der Waals surface area contributed by atoms with Crippen LogP contribution >= 0.6 is 0 Å². The molecule has 0 spiro atoms. The number of aliphatic hydroxyl groups excluding tert-OH is 1. The summed E-state index contributed by atoms with van der Waals surface area (Å²) in [4.78, 5) is 12.8. The summed E-state index contributed by atoms with van der Waals surface area (Å²) < 4.78 is 31.3. The van der Waals surface area contributed by atoms with Crippen LogP contribution in [0.5, 0.6) is 0 Å². The van der Waals surface area contributed by atoms with E-state index in [0.717, 1.165) is 12.1 Å². The normalized spacial score (nSPS) is 19.9. The maximum absolute atomic E-state index is 13.1. The Bertz CT molecular complexity index is 453. The second-order valence-electron chi connectivity index (χ2n) is 4.03. The van der Waals surface area contributed by atoms with Crippen LogP contribution in [0.1, 0.15) is 11.7 Å². The average molecular weight is 257 g/mol. The van der Waals surface area contributed by atoms with Crippen LogP contribution in [0.25, 0.3) is 0 Å².